The van der Waals surface area contributed by atoms with E-state index in [-0.39, 0.29) is 6.03 Å². The van der Waals surface area contributed by atoms with E-state index in [1.807, 2.05) is 26.0 Å². The number of nitrogens with zero attached hydrogens (tertiary/aromatic N) is 2. The van der Waals surface area contributed by atoms with Crippen LogP contribution in [-0.4, -0.2) is 30.1 Å². The number of urea groups is 1. The molecular weight excluding hydrogens is 282 g/mol. The first-order chi connectivity index (χ1) is 10.5. The van der Waals surface area contributed by atoms with Gasteiger partial charge < -0.3 is 19.4 Å². The highest BCUT2D eigenvalue weighted by Crippen LogP contribution is 2.20. The molecule has 0 aliphatic rings. The molecule has 0 unspecified atom stereocenters. The predicted molar refractivity (Wildman–Crippen MR) is 82.7 cm³/mol. The molecule has 2 aromatic heterocycles. The van der Waals surface area contributed by atoms with Crippen LogP contribution in [0.4, 0.5) is 4.79 Å². The highest BCUT2D eigenvalue weighted by atomic mass is 16.5. The zero-order valence-electron chi connectivity index (χ0n) is 13.3. The van der Waals surface area contributed by atoms with E-state index in [0.717, 1.165) is 22.6 Å². The minimum absolute atomic E-state index is 0.182. The molecule has 0 bridgehead atoms. The minimum atomic E-state index is -0.182. The molecule has 1 N–H and O–H groups in total. The summed E-state index contributed by atoms with van der Waals surface area (Å²) < 4.78 is 10.5. The van der Waals surface area contributed by atoms with E-state index in [0.29, 0.717) is 19.0 Å². The number of hydrogen-bond acceptors (Lipinski definition) is 4. The zero-order chi connectivity index (χ0) is 16.1. The number of aryl methyl sites for hydroxylation is 2. The summed E-state index contributed by atoms with van der Waals surface area (Å²) in [4.78, 5) is 18.0. The summed E-state index contributed by atoms with van der Waals surface area (Å²) in [5, 5.41) is 2.87. The normalized spacial score (nSPS) is 10.4. The fourth-order valence-corrected chi connectivity index (χ4v) is 2.22. The van der Waals surface area contributed by atoms with Crippen LogP contribution in [0.1, 0.15) is 22.6 Å². The van der Waals surface area contributed by atoms with Gasteiger partial charge in [-0.1, -0.05) is 0 Å². The molecule has 22 heavy (non-hydrogen) atoms. The van der Waals surface area contributed by atoms with Crippen molar-refractivity contribution in [3.8, 4) is 5.88 Å². The first-order valence-corrected chi connectivity index (χ1v) is 7.03. The molecule has 6 nitrogen and oxygen atoms in total. The van der Waals surface area contributed by atoms with Gasteiger partial charge in [-0.05, 0) is 37.6 Å². The van der Waals surface area contributed by atoms with E-state index in [1.165, 1.54) is 0 Å². The molecule has 6 heteroatoms. The Morgan fingerprint density at radius 1 is 1.45 bits per heavy atom. The molecule has 0 aliphatic carbocycles. The number of ether oxygens (including phenoxy) is 1. The number of methoxy groups -OCH3 is 1. The minimum Gasteiger partial charge on any atom is -0.481 e. The Kier molecular flexibility index (Phi) is 5.04. The third-order valence-electron chi connectivity index (χ3n) is 3.37. The van der Waals surface area contributed by atoms with Crippen LogP contribution < -0.4 is 10.1 Å². The summed E-state index contributed by atoms with van der Waals surface area (Å²) in [6.45, 7) is 4.67. The Bertz CT molecular complexity index is 638. The van der Waals surface area contributed by atoms with Crippen molar-refractivity contribution in [3.05, 3.63) is 47.0 Å². The van der Waals surface area contributed by atoms with Crippen LogP contribution >= 0.6 is 0 Å². The van der Waals surface area contributed by atoms with Gasteiger partial charge in [0.25, 0.3) is 0 Å². The van der Waals surface area contributed by atoms with Crippen LogP contribution in [0, 0.1) is 13.8 Å². The van der Waals surface area contributed by atoms with E-state index in [9.17, 15) is 4.79 Å². The van der Waals surface area contributed by atoms with Gasteiger partial charge in [-0.15, -0.1) is 0 Å². The number of nitrogens with one attached hydrogen (secondary N) is 1. The Hall–Kier alpha value is -2.50. The van der Waals surface area contributed by atoms with Gasteiger partial charge in [-0.25, -0.2) is 9.78 Å². The van der Waals surface area contributed by atoms with Gasteiger partial charge in [0.15, 0.2) is 0 Å². The van der Waals surface area contributed by atoms with Crippen LogP contribution in [0.5, 0.6) is 5.88 Å². The van der Waals surface area contributed by atoms with Gasteiger partial charge in [-0.2, -0.15) is 0 Å². The van der Waals surface area contributed by atoms with E-state index in [2.05, 4.69) is 10.3 Å². The number of carbonyl (C=O) groups is 1. The van der Waals surface area contributed by atoms with Crippen molar-refractivity contribution in [2.24, 2.45) is 0 Å². The van der Waals surface area contributed by atoms with Gasteiger partial charge >= 0.3 is 6.03 Å². The van der Waals surface area contributed by atoms with Crippen molar-refractivity contribution >= 4 is 6.03 Å². The Balaban J connectivity index is 1.99. The second kappa shape index (κ2) is 6.98. The highest BCUT2D eigenvalue weighted by Gasteiger charge is 2.14. The lowest BCUT2D eigenvalue weighted by atomic mass is 10.1. The van der Waals surface area contributed by atoms with E-state index >= 15 is 0 Å². The van der Waals surface area contributed by atoms with Gasteiger partial charge in [0.2, 0.25) is 5.88 Å². The maximum atomic E-state index is 12.1. The average Bonchev–Trinajstić information content (AvgIpc) is 2.98. The number of carbonyl (C=O) groups excluding carboxylic acids is 1. The number of hydrogen-bond donors (Lipinski definition) is 1. The molecule has 0 aromatic carbocycles. The van der Waals surface area contributed by atoms with Crippen molar-refractivity contribution in [2.45, 2.75) is 26.9 Å². The second-order valence-electron chi connectivity index (χ2n) is 5.16. The first kappa shape index (κ1) is 15.9. The summed E-state index contributed by atoms with van der Waals surface area (Å²) in [7, 11) is 3.30. The van der Waals surface area contributed by atoms with Crippen LogP contribution in [-0.2, 0) is 13.1 Å². The average molecular weight is 303 g/mol. The Morgan fingerprint density at radius 3 is 2.86 bits per heavy atom. The molecule has 0 aliphatic heterocycles. The number of rotatable bonds is 5. The third kappa shape index (κ3) is 3.78. The van der Waals surface area contributed by atoms with Crippen molar-refractivity contribution in [1.29, 1.82) is 0 Å². The summed E-state index contributed by atoms with van der Waals surface area (Å²) in [5.74, 6) is 1.29. The third-order valence-corrected chi connectivity index (χ3v) is 3.37. The maximum absolute atomic E-state index is 12.1. The SMILES string of the molecule is COc1nc(C)cc(C)c1CNC(=O)N(C)Cc1ccco1. The number of furan rings is 1. The molecule has 0 spiro atoms. The highest BCUT2D eigenvalue weighted by molar-refractivity contribution is 5.73. The topological polar surface area (TPSA) is 67.6 Å². The summed E-state index contributed by atoms with van der Waals surface area (Å²) in [6.07, 6.45) is 1.59. The summed E-state index contributed by atoms with van der Waals surface area (Å²) in [6, 6.07) is 5.42. The second-order valence-corrected chi connectivity index (χ2v) is 5.16. The number of amides is 2. The fourth-order valence-electron chi connectivity index (χ4n) is 2.22. The smallest absolute Gasteiger partial charge is 0.317 e. The first-order valence-electron chi connectivity index (χ1n) is 7.03. The van der Waals surface area contributed by atoms with Crippen LogP contribution in [0.15, 0.2) is 28.9 Å². The standard InChI is InChI=1S/C16H21N3O3/c1-11-8-12(2)18-15(21-4)14(11)9-17-16(20)19(3)10-13-6-5-7-22-13/h5-8H,9-10H2,1-4H3,(H,17,20). The molecule has 2 amide bonds. The monoisotopic (exact) mass is 303 g/mol. The molecule has 118 valence electrons. The van der Waals surface area contributed by atoms with Gasteiger partial charge in [-0.3, -0.25) is 0 Å². The van der Waals surface area contributed by atoms with Gasteiger partial charge in [0.1, 0.15) is 5.76 Å². The molecule has 2 heterocycles. The molecule has 0 saturated carbocycles. The van der Waals surface area contributed by atoms with E-state index in [4.69, 9.17) is 9.15 Å². The van der Waals surface area contributed by atoms with E-state index in [1.54, 1.807) is 31.4 Å². The van der Waals surface area contributed by atoms with Crippen molar-refractivity contribution in [1.82, 2.24) is 15.2 Å². The zero-order valence-corrected chi connectivity index (χ0v) is 13.3. The lowest BCUT2D eigenvalue weighted by Gasteiger charge is -2.18. The summed E-state index contributed by atoms with van der Waals surface area (Å²) >= 11 is 0. The van der Waals surface area contributed by atoms with Gasteiger partial charge in [0.05, 0.1) is 26.5 Å². The molecule has 2 rings (SSSR count). The lowest BCUT2D eigenvalue weighted by Crippen LogP contribution is -2.36. The maximum Gasteiger partial charge on any atom is 0.317 e. The van der Waals surface area contributed by atoms with Crippen molar-refractivity contribution in [3.63, 3.8) is 0 Å². The number of pyridine rings is 1. The Labute approximate surface area is 130 Å². The quantitative estimate of drug-likeness (QED) is 0.922. The van der Waals surface area contributed by atoms with Crippen LogP contribution in [0.25, 0.3) is 0 Å². The van der Waals surface area contributed by atoms with Crippen molar-refractivity contribution < 1.29 is 13.9 Å². The predicted octanol–water partition coefficient (Wildman–Crippen LogP) is 2.64. The molecule has 0 saturated heterocycles. The van der Waals surface area contributed by atoms with Crippen molar-refractivity contribution in [2.75, 3.05) is 14.2 Å². The number of aromatic nitrogens is 1. The van der Waals surface area contributed by atoms with Crippen LogP contribution in [0.2, 0.25) is 0 Å². The largest absolute Gasteiger partial charge is 0.481 e. The molecular formula is C16H21N3O3. The lowest BCUT2D eigenvalue weighted by molar-refractivity contribution is 0.202. The van der Waals surface area contributed by atoms with E-state index < -0.39 is 0 Å². The molecule has 2 aromatic rings. The van der Waals surface area contributed by atoms with Crippen LogP contribution in [0.3, 0.4) is 0 Å². The molecule has 0 fully saturated rings. The Morgan fingerprint density at radius 2 is 2.23 bits per heavy atom. The fraction of sp³-hybridized carbons (Fsp3) is 0.375. The molecule has 0 radical (unpaired) electrons. The summed E-state index contributed by atoms with van der Waals surface area (Å²) in [5.41, 5.74) is 2.81. The molecule has 0 atom stereocenters. The van der Waals surface area contributed by atoms with Gasteiger partial charge in [0, 0.05) is 18.3 Å².